The van der Waals surface area contributed by atoms with Gasteiger partial charge in [-0.2, -0.15) is 0 Å². The predicted molar refractivity (Wildman–Crippen MR) is 111 cm³/mol. The van der Waals surface area contributed by atoms with Crippen LogP contribution in [-0.2, 0) is 16.1 Å². The van der Waals surface area contributed by atoms with Crippen molar-refractivity contribution in [1.82, 2.24) is 0 Å². The van der Waals surface area contributed by atoms with Crippen molar-refractivity contribution >= 4 is 5.69 Å². The Balaban J connectivity index is 1.71. The van der Waals surface area contributed by atoms with E-state index in [0.29, 0.717) is 19.8 Å². The van der Waals surface area contributed by atoms with Crippen LogP contribution in [0.5, 0.6) is 0 Å². The second kappa shape index (κ2) is 8.90. The first kappa shape index (κ1) is 19.2. The SMILES string of the molecule is C#CCN(c1c(C)cc(C)cc1C)[C@H]1C=C[C@H](OCc2ccccc2)OC1. The Labute approximate surface area is 162 Å². The van der Waals surface area contributed by atoms with E-state index in [1.165, 1.54) is 22.4 Å². The number of benzene rings is 2. The maximum atomic E-state index is 5.95. The third-order valence-corrected chi connectivity index (χ3v) is 4.76. The number of aryl methyl sites for hydroxylation is 3. The maximum absolute atomic E-state index is 5.95. The van der Waals surface area contributed by atoms with E-state index in [1.807, 2.05) is 36.4 Å². The van der Waals surface area contributed by atoms with Gasteiger partial charge >= 0.3 is 0 Å². The van der Waals surface area contributed by atoms with E-state index in [4.69, 9.17) is 15.9 Å². The van der Waals surface area contributed by atoms with Crippen LogP contribution in [0.4, 0.5) is 5.69 Å². The molecule has 0 bridgehead atoms. The Morgan fingerprint density at radius 1 is 1.11 bits per heavy atom. The predicted octanol–water partition coefficient (Wildman–Crippen LogP) is 4.55. The summed E-state index contributed by atoms with van der Waals surface area (Å²) in [6, 6.07) is 14.6. The molecular formula is C24H27NO2. The van der Waals surface area contributed by atoms with E-state index in [-0.39, 0.29) is 12.3 Å². The van der Waals surface area contributed by atoms with E-state index in [9.17, 15) is 0 Å². The lowest BCUT2D eigenvalue weighted by atomic mass is 10.0. The maximum Gasteiger partial charge on any atom is 0.177 e. The minimum Gasteiger partial charge on any atom is -0.351 e. The molecule has 1 aliphatic heterocycles. The summed E-state index contributed by atoms with van der Waals surface area (Å²) in [6.07, 6.45) is 9.47. The highest BCUT2D eigenvalue weighted by Crippen LogP contribution is 2.29. The average molecular weight is 361 g/mol. The number of nitrogens with zero attached hydrogens (tertiary/aromatic N) is 1. The van der Waals surface area contributed by atoms with Gasteiger partial charge in [0.05, 0.1) is 25.8 Å². The monoisotopic (exact) mass is 361 g/mol. The molecule has 2 aromatic rings. The molecule has 140 valence electrons. The lowest BCUT2D eigenvalue weighted by molar-refractivity contribution is -0.125. The summed E-state index contributed by atoms with van der Waals surface area (Å²) in [4.78, 5) is 2.24. The van der Waals surface area contributed by atoms with Crippen molar-refractivity contribution < 1.29 is 9.47 Å². The fourth-order valence-electron chi connectivity index (χ4n) is 3.66. The Hall–Kier alpha value is -2.54. The minimum atomic E-state index is -0.325. The molecule has 3 rings (SSSR count). The zero-order valence-corrected chi connectivity index (χ0v) is 16.3. The highest BCUT2D eigenvalue weighted by molar-refractivity contribution is 5.62. The molecule has 0 spiro atoms. The second-order valence-corrected chi connectivity index (χ2v) is 7.03. The van der Waals surface area contributed by atoms with E-state index >= 15 is 0 Å². The molecule has 2 aromatic carbocycles. The van der Waals surface area contributed by atoms with Crippen molar-refractivity contribution in [3.05, 3.63) is 76.9 Å². The molecule has 0 aliphatic carbocycles. The summed E-state index contributed by atoms with van der Waals surface area (Å²) >= 11 is 0. The number of hydrogen-bond acceptors (Lipinski definition) is 3. The average Bonchev–Trinajstić information content (AvgIpc) is 2.66. The molecule has 0 saturated heterocycles. The molecule has 0 N–H and O–H groups in total. The smallest absolute Gasteiger partial charge is 0.177 e. The fraction of sp³-hybridized carbons (Fsp3) is 0.333. The summed E-state index contributed by atoms with van der Waals surface area (Å²) < 4.78 is 11.8. The Bertz CT molecular complexity index is 812. The van der Waals surface area contributed by atoms with Crippen LogP contribution in [0.15, 0.2) is 54.6 Å². The Kier molecular flexibility index (Phi) is 6.34. The number of rotatable bonds is 6. The van der Waals surface area contributed by atoms with Gasteiger partial charge in [-0.1, -0.05) is 60.0 Å². The van der Waals surface area contributed by atoms with E-state index in [0.717, 1.165) is 5.56 Å². The van der Waals surface area contributed by atoms with Gasteiger partial charge in [0.15, 0.2) is 6.29 Å². The van der Waals surface area contributed by atoms with Crippen molar-refractivity contribution in [3.63, 3.8) is 0 Å². The van der Waals surface area contributed by atoms with Gasteiger partial charge in [-0.25, -0.2) is 0 Å². The third kappa shape index (κ3) is 4.80. The molecule has 3 nitrogen and oxygen atoms in total. The van der Waals surface area contributed by atoms with Crippen molar-refractivity contribution in [3.8, 4) is 12.3 Å². The molecule has 1 heterocycles. The number of terminal acetylenes is 1. The first-order valence-corrected chi connectivity index (χ1v) is 9.32. The number of hydrogen-bond donors (Lipinski definition) is 0. The van der Waals surface area contributed by atoms with Crippen LogP contribution in [0.25, 0.3) is 0 Å². The topological polar surface area (TPSA) is 21.7 Å². The van der Waals surface area contributed by atoms with Crippen molar-refractivity contribution in [2.45, 2.75) is 39.7 Å². The fourth-order valence-corrected chi connectivity index (χ4v) is 3.66. The summed E-state index contributed by atoms with van der Waals surface area (Å²) in [6.45, 7) is 8.01. The van der Waals surface area contributed by atoms with Crippen LogP contribution < -0.4 is 4.90 Å². The van der Waals surface area contributed by atoms with Gasteiger partial charge in [0, 0.05) is 5.69 Å². The standard InChI is InChI=1S/C24H27NO2/c1-5-13-25(24-19(3)14-18(2)15-20(24)4)22-11-12-23(27-17-22)26-16-21-9-7-6-8-10-21/h1,6-12,14-15,22-23H,13,16-17H2,2-4H3/t22-,23+/m0/s1. The van der Waals surface area contributed by atoms with Gasteiger partial charge in [0.2, 0.25) is 0 Å². The largest absolute Gasteiger partial charge is 0.351 e. The normalized spacial score (nSPS) is 18.9. The van der Waals surface area contributed by atoms with Gasteiger partial charge in [-0.3, -0.25) is 0 Å². The third-order valence-electron chi connectivity index (χ3n) is 4.76. The molecule has 0 fully saturated rings. The van der Waals surface area contributed by atoms with Gasteiger partial charge in [-0.15, -0.1) is 6.42 Å². The quantitative estimate of drug-likeness (QED) is 0.557. The molecule has 0 amide bonds. The van der Waals surface area contributed by atoms with Crippen LogP contribution in [0, 0.1) is 33.1 Å². The number of ether oxygens (including phenoxy) is 2. The zero-order valence-electron chi connectivity index (χ0n) is 16.3. The molecule has 1 aliphatic rings. The van der Waals surface area contributed by atoms with Crippen LogP contribution in [0.3, 0.4) is 0 Å². The minimum absolute atomic E-state index is 0.0951. The Morgan fingerprint density at radius 2 is 1.81 bits per heavy atom. The van der Waals surface area contributed by atoms with Crippen LogP contribution in [-0.4, -0.2) is 25.5 Å². The van der Waals surface area contributed by atoms with Gasteiger partial charge in [-0.05, 0) is 43.5 Å². The van der Waals surface area contributed by atoms with Crippen LogP contribution in [0.2, 0.25) is 0 Å². The molecule has 27 heavy (non-hydrogen) atoms. The van der Waals surface area contributed by atoms with Gasteiger partial charge in [0.1, 0.15) is 0 Å². The van der Waals surface area contributed by atoms with Crippen LogP contribution in [0.1, 0.15) is 22.3 Å². The van der Waals surface area contributed by atoms with E-state index in [1.54, 1.807) is 0 Å². The Morgan fingerprint density at radius 3 is 2.41 bits per heavy atom. The zero-order chi connectivity index (χ0) is 19.2. The second-order valence-electron chi connectivity index (χ2n) is 7.03. The molecule has 0 aromatic heterocycles. The lowest BCUT2D eigenvalue weighted by Gasteiger charge is -2.35. The molecule has 2 atom stereocenters. The van der Waals surface area contributed by atoms with Crippen molar-refractivity contribution in [1.29, 1.82) is 0 Å². The van der Waals surface area contributed by atoms with Gasteiger partial charge in [0.25, 0.3) is 0 Å². The van der Waals surface area contributed by atoms with Crippen LogP contribution >= 0.6 is 0 Å². The van der Waals surface area contributed by atoms with Crippen molar-refractivity contribution in [2.75, 3.05) is 18.1 Å². The molecule has 0 radical (unpaired) electrons. The highest BCUT2D eigenvalue weighted by Gasteiger charge is 2.24. The highest BCUT2D eigenvalue weighted by atomic mass is 16.7. The molecule has 0 unspecified atom stereocenters. The van der Waals surface area contributed by atoms with Crippen molar-refractivity contribution in [2.24, 2.45) is 0 Å². The molecular weight excluding hydrogens is 334 g/mol. The first-order chi connectivity index (χ1) is 13.1. The summed E-state index contributed by atoms with van der Waals surface area (Å²) in [5.74, 6) is 2.80. The summed E-state index contributed by atoms with van der Waals surface area (Å²) in [5.41, 5.74) is 6.06. The van der Waals surface area contributed by atoms with E-state index < -0.39 is 0 Å². The van der Waals surface area contributed by atoms with E-state index in [2.05, 4.69) is 49.8 Å². The van der Waals surface area contributed by atoms with Gasteiger partial charge < -0.3 is 14.4 Å². The summed E-state index contributed by atoms with van der Waals surface area (Å²) in [7, 11) is 0. The lowest BCUT2D eigenvalue weighted by Crippen LogP contribution is -2.42. The number of anilines is 1. The first-order valence-electron chi connectivity index (χ1n) is 9.32. The summed E-state index contributed by atoms with van der Waals surface area (Å²) in [5, 5.41) is 0. The molecule has 0 saturated carbocycles. The molecule has 3 heteroatoms.